The molecule has 1 fully saturated rings. The van der Waals surface area contributed by atoms with Crippen LogP contribution in [-0.4, -0.2) is 28.4 Å². The van der Waals surface area contributed by atoms with Gasteiger partial charge in [-0.1, -0.05) is 44.5 Å². The monoisotopic (exact) mass is 600 g/mol. The van der Waals surface area contributed by atoms with Gasteiger partial charge in [-0.25, -0.2) is 4.98 Å². The first-order chi connectivity index (χ1) is 19.8. The zero-order valence-corrected chi connectivity index (χ0v) is 24.2. The fourth-order valence-electron chi connectivity index (χ4n) is 5.89. The van der Waals surface area contributed by atoms with Crippen molar-refractivity contribution in [2.24, 2.45) is 11.3 Å². The first-order valence-electron chi connectivity index (χ1n) is 13.7. The van der Waals surface area contributed by atoms with Crippen LogP contribution in [0.2, 0.25) is 5.02 Å². The number of nitrogens with zero attached hydrogens (tertiary/aromatic N) is 2. The third-order valence-corrected chi connectivity index (χ3v) is 7.58. The third kappa shape index (κ3) is 7.28. The topological polar surface area (TPSA) is 77.4 Å². The SMILES string of the molecule is C[C@@H]1C[C@H](n2c(Nc3ccc(OC(F)(F)F)cc3)nc3cc(OCC(=O)Nc4ccccc4Cl)ccc32)CC(C)(C)C1. The standard InChI is InChI=1S/C31H32ClF3N4O3/c1-19-14-21(17-30(2,3)16-19)39-27-13-12-23(41-18-28(40)37-25-7-5-4-6-24(25)32)15-26(27)38-29(39)36-20-8-10-22(11-9-20)42-31(33,34)35/h4-13,15,19,21H,14,16-18H2,1-3H3,(H,36,38)(H,37,40)/t19-,21+/m1/s1. The van der Waals surface area contributed by atoms with Crippen molar-refractivity contribution in [2.45, 2.75) is 52.4 Å². The van der Waals surface area contributed by atoms with E-state index in [-0.39, 0.29) is 29.7 Å². The van der Waals surface area contributed by atoms with Crippen molar-refractivity contribution in [1.82, 2.24) is 9.55 Å². The van der Waals surface area contributed by atoms with E-state index in [0.29, 0.717) is 39.5 Å². The van der Waals surface area contributed by atoms with Gasteiger partial charge in [0, 0.05) is 17.8 Å². The second-order valence-electron chi connectivity index (χ2n) is 11.5. The van der Waals surface area contributed by atoms with E-state index in [1.807, 2.05) is 6.07 Å². The molecule has 42 heavy (non-hydrogen) atoms. The van der Waals surface area contributed by atoms with Gasteiger partial charge in [0.1, 0.15) is 11.5 Å². The average molecular weight is 601 g/mol. The Labute approximate surface area is 247 Å². The summed E-state index contributed by atoms with van der Waals surface area (Å²) in [6, 6.07) is 18.1. The lowest BCUT2D eigenvalue weighted by Gasteiger charge is -2.40. The van der Waals surface area contributed by atoms with Crippen LogP contribution in [0.1, 0.15) is 46.1 Å². The van der Waals surface area contributed by atoms with Crippen LogP contribution in [0.5, 0.6) is 11.5 Å². The predicted molar refractivity (Wildman–Crippen MR) is 158 cm³/mol. The fourth-order valence-corrected chi connectivity index (χ4v) is 6.07. The van der Waals surface area contributed by atoms with Crippen LogP contribution in [0, 0.1) is 11.3 Å². The van der Waals surface area contributed by atoms with Gasteiger partial charge in [-0.05, 0) is 79.1 Å². The number of ether oxygens (including phenoxy) is 2. The number of fused-ring (bicyclic) bond motifs is 1. The van der Waals surface area contributed by atoms with E-state index in [4.69, 9.17) is 21.3 Å². The summed E-state index contributed by atoms with van der Waals surface area (Å²) in [7, 11) is 0. The Kier molecular flexibility index (Phi) is 8.28. The zero-order valence-electron chi connectivity index (χ0n) is 23.5. The van der Waals surface area contributed by atoms with Gasteiger partial charge >= 0.3 is 6.36 Å². The number of carbonyl (C=O) groups excluding carboxylic acids is 1. The molecule has 1 aromatic heterocycles. The third-order valence-electron chi connectivity index (χ3n) is 7.25. The number of alkyl halides is 3. The van der Waals surface area contributed by atoms with Crippen molar-refractivity contribution in [2.75, 3.05) is 17.2 Å². The quantitative estimate of drug-likeness (QED) is 0.211. The lowest BCUT2D eigenvalue weighted by Crippen LogP contribution is -2.29. The molecule has 0 saturated heterocycles. The molecule has 0 unspecified atom stereocenters. The molecular weight excluding hydrogens is 569 g/mol. The molecule has 0 radical (unpaired) electrons. The molecule has 5 rings (SSSR count). The summed E-state index contributed by atoms with van der Waals surface area (Å²) in [4.78, 5) is 17.3. The minimum atomic E-state index is -4.76. The smallest absolute Gasteiger partial charge is 0.484 e. The molecule has 1 amide bonds. The van der Waals surface area contributed by atoms with Crippen LogP contribution in [0.15, 0.2) is 66.7 Å². The maximum absolute atomic E-state index is 12.6. The number of hydrogen-bond acceptors (Lipinski definition) is 5. The maximum atomic E-state index is 12.6. The lowest BCUT2D eigenvalue weighted by atomic mass is 9.70. The second kappa shape index (κ2) is 11.8. The number of imidazole rings is 1. The second-order valence-corrected chi connectivity index (χ2v) is 11.9. The summed E-state index contributed by atoms with van der Waals surface area (Å²) >= 11 is 6.13. The van der Waals surface area contributed by atoms with Crippen molar-refractivity contribution in [3.05, 3.63) is 71.8 Å². The van der Waals surface area contributed by atoms with E-state index in [0.717, 1.165) is 24.8 Å². The van der Waals surface area contributed by atoms with E-state index in [1.165, 1.54) is 24.3 Å². The van der Waals surface area contributed by atoms with Crippen molar-refractivity contribution in [1.29, 1.82) is 0 Å². The molecule has 0 aliphatic heterocycles. The number of carbonyl (C=O) groups is 1. The molecule has 1 aliphatic rings. The van der Waals surface area contributed by atoms with Gasteiger partial charge in [0.2, 0.25) is 5.95 Å². The van der Waals surface area contributed by atoms with Gasteiger partial charge in [-0.2, -0.15) is 0 Å². The number of benzene rings is 3. The number of halogens is 4. The van der Waals surface area contributed by atoms with Crippen molar-refractivity contribution < 1.29 is 27.4 Å². The van der Waals surface area contributed by atoms with Crippen LogP contribution in [0.3, 0.4) is 0 Å². The molecule has 4 aromatic rings. The summed E-state index contributed by atoms with van der Waals surface area (Å²) in [6.45, 7) is 6.56. The van der Waals surface area contributed by atoms with Crippen LogP contribution in [0.4, 0.5) is 30.5 Å². The van der Waals surface area contributed by atoms with Crippen molar-refractivity contribution in [3.63, 3.8) is 0 Å². The Morgan fingerprint density at radius 1 is 1.07 bits per heavy atom. The van der Waals surface area contributed by atoms with Gasteiger partial charge in [0.15, 0.2) is 6.61 Å². The predicted octanol–water partition coefficient (Wildman–Crippen LogP) is 8.74. The van der Waals surface area contributed by atoms with Crippen LogP contribution in [0.25, 0.3) is 11.0 Å². The molecule has 1 aliphatic carbocycles. The number of rotatable bonds is 8. The molecule has 222 valence electrons. The van der Waals surface area contributed by atoms with Crippen molar-refractivity contribution >= 4 is 45.9 Å². The van der Waals surface area contributed by atoms with Gasteiger partial charge in [0.25, 0.3) is 5.91 Å². The van der Waals surface area contributed by atoms with Crippen LogP contribution < -0.4 is 20.1 Å². The summed E-state index contributed by atoms with van der Waals surface area (Å²) in [5, 5.41) is 6.45. The summed E-state index contributed by atoms with van der Waals surface area (Å²) in [5.74, 6) is 0.885. The minimum Gasteiger partial charge on any atom is -0.484 e. The highest BCUT2D eigenvalue weighted by Crippen LogP contribution is 2.46. The molecule has 0 bridgehead atoms. The Bertz CT molecular complexity index is 1570. The minimum absolute atomic E-state index is 0.130. The molecule has 0 spiro atoms. The van der Waals surface area contributed by atoms with E-state index in [1.54, 1.807) is 36.4 Å². The highest BCUT2D eigenvalue weighted by atomic mass is 35.5. The number of anilines is 3. The Morgan fingerprint density at radius 3 is 2.48 bits per heavy atom. The number of nitrogens with one attached hydrogen (secondary N) is 2. The maximum Gasteiger partial charge on any atom is 0.573 e. The number of aromatic nitrogens is 2. The van der Waals surface area contributed by atoms with Gasteiger partial charge in [-0.3, -0.25) is 4.79 Å². The molecule has 2 atom stereocenters. The number of amides is 1. The number of para-hydroxylation sites is 1. The molecule has 2 N–H and O–H groups in total. The van der Waals surface area contributed by atoms with Gasteiger partial charge in [-0.15, -0.1) is 13.2 Å². The first kappa shape index (κ1) is 29.6. The summed E-state index contributed by atoms with van der Waals surface area (Å²) < 4.78 is 49.8. The Morgan fingerprint density at radius 2 is 1.79 bits per heavy atom. The lowest BCUT2D eigenvalue weighted by molar-refractivity contribution is -0.274. The molecule has 1 saturated carbocycles. The molecule has 7 nitrogen and oxygen atoms in total. The van der Waals surface area contributed by atoms with E-state index in [9.17, 15) is 18.0 Å². The van der Waals surface area contributed by atoms with Gasteiger partial charge in [0.05, 0.1) is 21.7 Å². The molecule has 1 heterocycles. The summed E-state index contributed by atoms with van der Waals surface area (Å²) in [6.07, 6.45) is -1.74. The highest BCUT2D eigenvalue weighted by molar-refractivity contribution is 6.33. The average Bonchev–Trinajstić information content (AvgIpc) is 3.25. The molecule has 11 heteroatoms. The Balaban J connectivity index is 1.40. The van der Waals surface area contributed by atoms with Gasteiger partial charge < -0.3 is 24.7 Å². The molecular formula is C31H32ClF3N4O3. The largest absolute Gasteiger partial charge is 0.573 e. The van der Waals surface area contributed by atoms with E-state index < -0.39 is 6.36 Å². The van der Waals surface area contributed by atoms with Crippen molar-refractivity contribution in [3.8, 4) is 11.5 Å². The highest BCUT2D eigenvalue weighted by Gasteiger charge is 2.35. The fraction of sp³-hybridized carbons (Fsp3) is 0.355. The van der Waals surface area contributed by atoms with E-state index in [2.05, 4.69) is 40.7 Å². The summed E-state index contributed by atoms with van der Waals surface area (Å²) in [5.41, 5.74) is 2.74. The molecule has 3 aromatic carbocycles. The van der Waals surface area contributed by atoms with Crippen LogP contribution in [-0.2, 0) is 4.79 Å². The Hall–Kier alpha value is -3.92. The first-order valence-corrected chi connectivity index (χ1v) is 14.0. The number of hydrogen-bond donors (Lipinski definition) is 2. The normalized spacial score (nSPS) is 18.5. The van der Waals surface area contributed by atoms with E-state index >= 15 is 0 Å². The van der Waals surface area contributed by atoms with Crippen LogP contribution >= 0.6 is 11.6 Å². The zero-order chi connectivity index (χ0) is 30.1.